The molecule has 1 saturated heterocycles. The lowest BCUT2D eigenvalue weighted by Gasteiger charge is -2.27. The van der Waals surface area contributed by atoms with Gasteiger partial charge in [0.25, 0.3) is 5.69 Å². The second kappa shape index (κ2) is 7.29. The van der Waals surface area contributed by atoms with Crippen molar-refractivity contribution in [2.75, 3.05) is 18.4 Å². The number of rotatable bonds is 5. The van der Waals surface area contributed by atoms with Gasteiger partial charge in [-0.2, -0.15) is 4.31 Å². The molecule has 138 valence electrons. The fraction of sp³-hybridized carbons (Fsp3) is 0.647. The van der Waals surface area contributed by atoms with Crippen LogP contribution >= 0.6 is 0 Å². The van der Waals surface area contributed by atoms with Crippen molar-refractivity contribution in [3.8, 4) is 0 Å². The maximum Gasteiger partial charge on any atom is 0.293 e. The van der Waals surface area contributed by atoms with Crippen LogP contribution in [0.1, 0.15) is 45.4 Å². The van der Waals surface area contributed by atoms with Gasteiger partial charge in [-0.1, -0.05) is 6.92 Å². The molecule has 1 aliphatic carbocycles. The minimum atomic E-state index is -3.65. The fourth-order valence-corrected chi connectivity index (χ4v) is 5.18. The molecule has 0 atom stereocenters. The van der Waals surface area contributed by atoms with E-state index in [1.54, 1.807) is 6.07 Å². The van der Waals surface area contributed by atoms with Crippen LogP contribution in [0.3, 0.4) is 0 Å². The van der Waals surface area contributed by atoms with Crippen molar-refractivity contribution in [1.29, 1.82) is 0 Å². The Morgan fingerprint density at radius 3 is 2.40 bits per heavy atom. The first-order valence-electron chi connectivity index (χ1n) is 8.93. The summed E-state index contributed by atoms with van der Waals surface area (Å²) in [5.74, 6) is 0.695. The van der Waals surface area contributed by atoms with E-state index in [0.29, 0.717) is 24.7 Å². The lowest BCUT2D eigenvalue weighted by atomic mass is 9.87. The van der Waals surface area contributed by atoms with Crippen molar-refractivity contribution in [3.63, 3.8) is 0 Å². The second-order valence-corrected chi connectivity index (χ2v) is 9.09. The summed E-state index contributed by atoms with van der Waals surface area (Å²) in [5.41, 5.74) is 0.240. The number of nitrogens with zero attached hydrogens (tertiary/aromatic N) is 2. The van der Waals surface area contributed by atoms with E-state index < -0.39 is 14.9 Å². The molecule has 1 saturated carbocycles. The molecule has 1 aromatic rings. The zero-order valence-electron chi connectivity index (χ0n) is 14.5. The highest BCUT2D eigenvalue weighted by atomic mass is 32.2. The van der Waals surface area contributed by atoms with Crippen molar-refractivity contribution >= 4 is 21.4 Å². The number of anilines is 1. The molecule has 0 aromatic heterocycles. The SMILES string of the molecule is CC1CCC(Nc2ccc(S(=O)(=O)N3CCCC3)cc2[N+](=O)[O-])CC1. The Morgan fingerprint density at radius 1 is 1.16 bits per heavy atom. The number of hydrogen-bond donors (Lipinski definition) is 1. The summed E-state index contributed by atoms with van der Waals surface area (Å²) in [6, 6.07) is 4.42. The summed E-state index contributed by atoms with van der Waals surface area (Å²) < 4.78 is 26.7. The van der Waals surface area contributed by atoms with Gasteiger partial charge in [0.15, 0.2) is 0 Å². The number of nitrogens with one attached hydrogen (secondary N) is 1. The number of nitro groups is 1. The van der Waals surface area contributed by atoms with E-state index in [-0.39, 0.29) is 16.6 Å². The van der Waals surface area contributed by atoms with Gasteiger partial charge in [0.2, 0.25) is 10.0 Å². The molecule has 3 rings (SSSR count). The summed E-state index contributed by atoms with van der Waals surface area (Å²) in [4.78, 5) is 11.0. The number of benzene rings is 1. The molecule has 2 fully saturated rings. The Balaban J connectivity index is 1.84. The van der Waals surface area contributed by atoms with Crippen LogP contribution in [-0.4, -0.2) is 36.8 Å². The molecule has 25 heavy (non-hydrogen) atoms. The largest absolute Gasteiger partial charge is 0.377 e. The third kappa shape index (κ3) is 3.95. The smallest absolute Gasteiger partial charge is 0.293 e. The van der Waals surface area contributed by atoms with Crippen LogP contribution in [0.25, 0.3) is 0 Å². The molecular weight excluding hydrogens is 342 g/mol. The van der Waals surface area contributed by atoms with E-state index in [1.165, 1.54) is 16.4 Å². The standard InChI is InChI=1S/C17H25N3O4S/c1-13-4-6-14(7-5-13)18-16-9-8-15(12-17(16)20(21)22)25(23,24)19-10-2-3-11-19/h8-9,12-14,18H,2-7,10-11H2,1H3. The third-order valence-electron chi connectivity index (χ3n) is 5.24. The summed E-state index contributed by atoms with van der Waals surface area (Å²) in [7, 11) is -3.65. The van der Waals surface area contributed by atoms with Gasteiger partial charge in [-0.15, -0.1) is 0 Å². The highest BCUT2D eigenvalue weighted by Crippen LogP contribution is 2.33. The van der Waals surface area contributed by atoms with Gasteiger partial charge >= 0.3 is 0 Å². The Hall–Kier alpha value is -1.67. The molecule has 0 unspecified atom stereocenters. The van der Waals surface area contributed by atoms with Crippen molar-refractivity contribution in [1.82, 2.24) is 4.31 Å². The summed E-state index contributed by atoms with van der Waals surface area (Å²) in [6.07, 6.45) is 5.83. The molecule has 2 aliphatic rings. The molecular formula is C17H25N3O4S. The molecule has 1 aromatic carbocycles. The minimum absolute atomic E-state index is 0.00363. The Morgan fingerprint density at radius 2 is 1.80 bits per heavy atom. The first-order valence-corrected chi connectivity index (χ1v) is 10.4. The van der Waals surface area contributed by atoms with Crippen LogP contribution in [0.5, 0.6) is 0 Å². The zero-order chi connectivity index (χ0) is 18.0. The van der Waals surface area contributed by atoms with Crippen LogP contribution in [0, 0.1) is 16.0 Å². The first kappa shape index (κ1) is 18.1. The average Bonchev–Trinajstić information content (AvgIpc) is 3.12. The fourth-order valence-electron chi connectivity index (χ4n) is 3.65. The molecule has 1 N–H and O–H groups in total. The van der Waals surface area contributed by atoms with Crippen molar-refractivity contribution < 1.29 is 13.3 Å². The van der Waals surface area contributed by atoms with Crippen LogP contribution in [0.15, 0.2) is 23.1 Å². The van der Waals surface area contributed by atoms with Crippen molar-refractivity contribution in [2.45, 2.75) is 56.4 Å². The number of nitro benzene ring substituents is 1. The highest BCUT2D eigenvalue weighted by molar-refractivity contribution is 7.89. The van der Waals surface area contributed by atoms with Gasteiger partial charge in [0, 0.05) is 25.2 Å². The predicted molar refractivity (Wildman–Crippen MR) is 96.1 cm³/mol. The lowest BCUT2D eigenvalue weighted by Crippen LogP contribution is -2.28. The van der Waals surface area contributed by atoms with Crippen molar-refractivity contribution in [2.24, 2.45) is 5.92 Å². The highest BCUT2D eigenvalue weighted by Gasteiger charge is 2.30. The summed E-state index contributed by atoms with van der Waals surface area (Å²) >= 11 is 0. The van der Waals surface area contributed by atoms with Gasteiger partial charge in [-0.05, 0) is 56.6 Å². The maximum atomic E-state index is 12.6. The molecule has 1 aliphatic heterocycles. The van der Waals surface area contributed by atoms with Crippen LogP contribution < -0.4 is 5.32 Å². The van der Waals surface area contributed by atoms with E-state index in [2.05, 4.69) is 12.2 Å². The van der Waals surface area contributed by atoms with Gasteiger partial charge < -0.3 is 5.32 Å². The molecule has 0 amide bonds. The van der Waals surface area contributed by atoms with Gasteiger partial charge in [0.05, 0.1) is 9.82 Å². The normalized spacial score (nSPS) is 25.0. The monoisotopic (exact) mass is 367 g/mol. The van der Waals surface area contributed by atoms with E-state index in [0.717, 1.165) is 38.5 Å². The van der Waals surface area contributed by atoms with Crippen LogP contribution in [-0.2, 0) is 10.0 Å². The van der Waals surface area contributed by atoms with Gasteiger partial charge in [0.1, 0.15) is 5.69 Å². The number of sulfonamides is 1. The molecule has 0 spiro atoms. The zero-order valence-corrected chi connectivity index (χ0v) is 15.3. The van der Waals surface area contributed by atoms with E-state index >= 15 is 0 Å². The van der Waals surface area contributed by atoms with Gasteiger partial charge in [-0.3, -0.25) is 10.1 Å². The lowest BCUT2D eigenvalue weighted by molar-refractivity contribution is -0.384. The van der Waals surface area contributed by atoms with Crippen LogP contribution in [0.2, 0.25) is 0 Å². The third-order valence-corrected chi connectivity index (χ3v) is 7.14. The van der Waals surface area contributed by atoms with E-state index in [1.807, 2.05) is 0 Å². The second-order valence-electron chi connectivity index (χ2n) is 7.15. The van der Waals surface area contributed by atoms with Crippen molar-refractivity contribution in [3.05, 3.63) is 28.3 Å². The Kier molecular flexibility index (Phi) is 5.29. The Labute approximate surface area is 148 Å². The van der Waals surface area contributed by atoms with Crippen LogP contribution in [0.4, 0.5) is 11.4 Å². The van der Waals surface area contributed by atoms with E-state index in [4.69, 9.17) is 0 Å². The van der Waals surface area contributed by atoms with E-state index in [9.17, 15) is 18.5 Å². The van der Waals surface area contributed by atoms with Gasteiger partial charge in [-0.25, -0.2) is 8.42 Å². The first-order chi connectivity index (χ1) is 11.9. The predicted octanol–water partition coefficient (Wildman–Crippen LogP) is 3.37. The summed E-state index contributed by atoms with van der Waals surface area (Å²) in [6.45, 7) is 3.18. The number of hydrogen-bond acceptors (Lipinski definition) is 5. The maximum absolute atomic E-state index is 12.6. The summed E-state index contributed by atoms with van der Waals surface area (Å²) in [5, 5.41) is 14.7. The topological polar surface area (TPSA) is 92.6 Å². The molecule has 1 heterocycles. The average molecular weight is 367 g/mol. The molecule has 0 bridgehead atoms. The Bertz CT molecular complexity index is 736. The quantitative estimate of drug-likeness (QED) is 0.636. The minimum Gasteiger partial charge on any atom is -0.377 e. The molecule has 8 heteroatoms. The molecule has 0 radical (unpaired) electrons. The molecule has 7 nitrogen and oxygen atoms in total.